The fourth-order valence-corrected chi connectivity index (χ4v) is 3.41. The van der Waals surface area contributed by atoms with Gasteiger partial charge in [-0.15, -0.1) is 0 Å². The highest BCUT2D eigenvalue weighted by Gasteiger charge is 2.49. The first-order valence-corrected chi connectivity index (χ1v) is 9.17. The summed E-state index contributed by atoms with van der Waals surface area (Å²) in [7, 11) is 0. The molecule has 0 radical (unpaired) electrons. The van der Waals surface area contributed by atoms with E-state index < -0.39 is 11.7 Å². The number of aryl methyl sites for hydroxylation is 1. The lowest BCUT2D eigenvalue weighted by atomic mass is 9.90. The molecular formula is C18H25N5O3. The van der Waals surface area contributed by atoms with Gasteiger partial charge in [0, 0.05) is 24.6 Å². The van der Waals surface area contributed by atoms with Crippen molar-refractivity contribution in [2.24, 2.45) is 0 Å². The Hall–Kier alpha value is -2.38. The summed E-state index contributed by atoms with van der Waals surface area (Å²) < 4.78 is 10.9. The highest BCUT2D eigenvalue weighted by molar-refractivity contribution is 5.68. The number of nitrogens with zero attached hydrogens (tertiary/aromatic N) is 3. The average molecular weight is 359 g/mol. The van der Waals surface area contributed by atoms with Crippen molar-refractivity contribution in [2.45, 2.75) is 69.8 Å². The Bertz CT molecular complexity index is 800. The zero-order chi connectivity index (χ0) is 18.4. The van der Waals surface area contributed by atoms with Gasteiger partial charge >= 0.3 is 6.09 Å². The number of hydrogen-bond donors (Lipinski definition) is 2. The Labute approximate surface area is 152 Å². The normalized spacial score (nSPS) is 21.1. The third-order valence-electron chi connectivity index (χ3n) is 5.08. The summed E-state index contributed by atoms with van der Waals surface area (Å²) in [5.74, 6) is 1.60. The largest absolute Gasteiger partial charge is 0.444 e. The van der Waals surface area contributed by atoms with Gasteiger partial charge in [0.2, 0.25) is 5.89 Å². The quantitative estimate of drug-likeness (QED) is 0.869. The number of rotatable bonds is 4. The number of carbonyl (C=O) groups is 1. The van der Waals surface area contributed by atoms with Crippen LogP contribution in [0.5, 0.6) is 0 Å². The number of alkyl carbamates (subject to hydrolysis) is 1. The number of hydrogen-bond acceptors (Lipinski definition) is 6. The summed E-state index contributed by atoms with van der Waals surface area (Å²) in [5, 5.41) is 7.06. The molecule has 0 spiro atoms. The predicted octanol–water partition coefficient (Wildman–Crippen LogP) is 2.62. The van der Waals surface area contributed by atoms with Gasteiger partial charge in [-0.25, -0.2) is 9.78 Å². The molecule has 2 aliphatic carbocycles. The monoisotopic (exact) mass is 359 g/mol. The maximum atomic E-state index is 11.9. The van der Waals surface area contributed by atoms with Crippen LogP contribution in [-0.2, 0) is 23.0 Å². The summed E-state index contributed by atoms with van der Waals surface area (Å²) in [6.07, 6.45) is 5.95. The molecule has 2 aliphatic rings. The highest BCUT2D eigenvalue weighted by Crippen LogP contribution is 2.46. The Morgan fingerprint density at radius 2 is 2.27 bits per heavy atom. The number of ether oxygens (including phenoxy) is 1. The first-order valence-electron chi connectivity index (χ1n) is 9.17. The van der Waals surface area contributed by atoms with Gasteiger partial charge in [-0.2, -0.15) is 4.98 Å². The Balaban J connectivity index is 1.39. The minimum absolute atomic E-state index is 0.216. The van der Waals surface area contributed by atoms with Gasteiger partial charge in [0.15, 0.2) is 5.82 Å². The van der Waals surface area contributed by atoms with Crippen molar-refractivity contribution >= 4 is 6.09 Å². The maximum absolute atomic E-state index is 11.9. The lowest BCUT2D eigenvalue weighted by molar-refractivity contribution is 0.0522. The van der Waals surface area contributed by atoms with Crippen LogP contribution in [0.3, 0.4) is 0 Å². The maximum Gasteiger partial charge on any atom is 0.407 e. The van der Waals surface area contributed by atoms with Crippen LogP contribution in [-0.4, -0.2) is 38.3 Å². The molecule has 2 aromatic heterocycles. The van der Waals surface area contributed by atoms with E-state index in [9.17, 15) is 4.79 Å². The lowest BCUT2D eigenvalue weighted by Crippen LogP contribution is -2.37. The van der Waals surface area contributed by atoms with Gasteiger partial charge < -0.3 is 19.6 Å². The van der Waals surface area contributed by atoms with Gasteiger partial charge in [-0.3, -0.25) is 0 Å². The van der Waals surface area contributed by atoms with Crippen LogP contribution in [0.4, 0.5) is 4.79 Å². The second kappa shape index (κ2) is 6.10. The number of imidazole rings is 1. The molecule has 1 saturated carbocycles. The van der Waals surface area contributed by atoms with E-state index in [0.29, 0.717) is 18.3 Å². The van der Waals surface area contributed by atoms with E-state index in [4.69, 9.17) is 9.26 Å². The summed E-state index contributed by atoms with van der Waals surface area (Å²) in [4.78, 5) is 24.1. The first-order chi connectivity index (χ1) is 12.3. The van der Waals surface area contributed by atoms with Crippen molar-refractivity contribution in [3.05, 3.63) is 29.4 Å². The van der Waals surface area contributed by atoms with Gasteiger partial charge in [-0.05, 0) is 46.5 Å². The molecule has 4 rings (SSSR count). The molecule has 1 unspecified atom stereocenters. The van der Waals surface area contributed by atoms with Crippen LogP contribution in [0.25, 0.3) is 0 Å². The number of aromatic amines is 1. The molecule has 2 N–H and O–H groups in total. The molecule has 0 aliphatic heterocycles. The average Bonchev–Trinajstić information content (AvgIpc) is 2.99. The second-order valence-electron chi connectivity index (χ2n) is 8.36. The molecule has 0 saturated heterocycles. The summed E-state index contributed by atoms with van der Waals surface area (Å²) in [6.45, 7) is 6.01. The van der Waals surface area contributed by atoms with E-state index in [1.54, 1.807) is 6.33 Å². The van der Waals surface area contributed by atoms with Crippen molar-refractivity contribution in [3.63, 3.8) is 0 Å². The number of fused-ring (bicyclic) bond motifs is 1. The van der Waals surface area contributed by atoms with Gasteiger partial charge in [0.1, 0.15) is 5.60 Å². The third-order valence-corrected chi connectivity index (χ3v) is 5.08. The van der Waals surface area contributed by atoms with Crippen LogP contribution >= 0.6 is 0 Å². The summed E-state index contributed by atoms with van der Waals surface area (Å²) >= 11 is 0. The molecule has 1 atom stereocenters. The van der Waals surface area contributed by atoms with Gasteiger partial charge in [0.05, 0.1) is 17.4 Å². The minimum Gasteiger partial charge on any atom is -0.444 e. The Morgan fingerprint density at radius 3 is 3.00 bits per heavy atom. The molecular weight excluding hydrogens is 334 g/mol. The Kier molecular flexibility index (Phi) is 4.00. The summed E-state index contributed by atoms with van der Waals surface area (Å²) in [6, 6.07) is 0. The second-order valence-corrected chi connectivity index (χ2v) is 8.36. The minimum atomic E-state index is -0.507. The van der Waals surface area contributed by atoms with E-state index >= 15 is 0 Å². The fourth-order valence-electron chi connectivity index (χ4n) is 3.41. The number of amides is 1. The molecule has 8 nitrogen and oxygen atoms in total. The van der Waals surface area contributed by atoms with Crippen molar-refractivity contribution in [3.8, 4) is 0 Å². The molecule has 2 aromatic rings. The van der Waals surface area contributed by atoms with E-state index in [1.807, 2.05) is 20.8 Å². The smallest absolute Gasteiger partial charge is 0.407 e. The molecule has 1 amide bonds. The van der Waals surface area contributed by atoms with Crippen LogP contribution < -0.4 is 5.32 Å². The van der Waals surface area contributed by atoms with Crippen LogP contribution in [0.1, 0.15) is 69.1 Å². The predicted molar refractivity (Wildman–Crippen MR) is 92.8 cm³/mol. The number of carbonyl (C=O) groups excluding carboxylic acids is 1. The number of aromatic nitrogens is 4. The third kappa shape index (κ3) is 3.45. The van der Waals surface area contributed by atoms with Gasteiger partial charge in [0.25, 0.3) is 0 Å². The lowest BCUT2D eigenvalue weighted by Gasteiger charge is -2.21. The fraction of sp³-hybridized carbons (Fsp3) is 0.667. The van der Waals surface area contributed by atoms with Crippen LogP contribution in [0, 0.1) is 0 Å². The number of nitrogens with one attached hydrogen (secondary N) is 2. The molecule has 0 aromatic carbocycles. The molecule has 8 heteroatoms. The van der Waals surface area contributed by atoms with Crippen molar-refractivity contribution < 1.29 is 14.1 Å². The SMILES string of the molecule is CC(C)(C)OC(=O)NCC1(c2noc(C3CCc4nc[nH]c4C3)n2)CC1. The number of H-pyrrole nitrogens is 1. The standard InChI is InChI=1S/C18H25N5O3/c1-17(2,3)25-16(24)19-9-18(6-7-18)15-22-14(26-23-15)11-4-5-12-13(8-11)21-10-20-12/h10-11H,4-9H2,1-3H3,(H,19,24)(H,20,21). The zero-order valence-electron chi connectivity index (χ0n) is 15.5. The molecule has 1 fully saturated rings. The molecule has 2 heterocycles. The van der Waals surface area contributed by atoms with E-state index in [2.05, 4.69) is 25.4 Å². The molecule has 0 bridgehead atoms. The van der Waals surface area contributed by atoms with Crippen molar-refractivity contribution in [1.29, 1.82) is 0 Å². The van der Waals surface area contributed by atoms with E-state index in [-0.39, 0.29) is 11.3 Å². The van der Waals surface area contributed by atoms with Crippen molar-refractivity contribution in [2.75, 3.05) is 6.54 Å². The summed E-state index contributed by atoms with van der Waals surface area (Å²) in [5.41, 5.74) is 1.58. The highest BCUT2D eigenvalue weighted by atomic mass is 16.6. The molecule has 26 heavy (non-hydrogen) atoms. The van der Waals surface area contributed by atoms with E-state index in [1.165, 1.54) is 0 Å². The Morgan fingerprint density at radius 1 is 1.46 bits per heavy atom. The first kappa shape index (κ1) is 17.1. The topological polar surface area (TPSA) is 106 Å². The zero-order valence-corrected chi connectivity index (χ0v) is 15.5. The van der Waals surface area contributed by atoms with Crippen LogP contribution in [0.15, 0.2) is 10.9 Å². The van der Waals surface area contributed by atoms with Crippen LogP contribution in [0.2, 0.25) is 0 Å². The van der Waals surface area contributed by atoms with E-state index in [0.717, 1.165) is 43.5 Å². The molecule has 140 valence electrons. The van der Waals surface area contributed by atoms with Crippen molar-refractivity contribution in [1.82, 2.24) is 25.4 Å². The van der Waals surface area contributed by atoms with Gasteiger partial charge in [-0.1, -0.05) is 5.16 Å².